The molecular formula is C17H27N5OS. The van der Waals surface area contributed by atoms with Gasteiger partial charge in [-0.05, 0) is 54.9 Å². The number of nitrogens with zero attached hydrogens (tertiary/aromatic N) is 5. The zero-order chi connectivity index (χ0) is 16.4. The van der Waals surface area contributed by atoms with Crippen LogP contribution in [0.15, 0.2) is 5.16 Å². The Balaban J connectivity index is 1.37. The summed E-state index contributed by atoms with van der Waals surface area (Å²) in [7, 11) is 0. The molecule has 0 spiro atoms. The zero-order valence-corrected chi connectivity index (χ0v) is 15.1. The van der Waals surface area contributed by atoms with Gasteiger partial charge in [0.2, 0.25) is 11.1 Å². The highest BCUT2D eigenvalue weighted by Gasteiger charge is 2.35. The molecule has 1 aromatic rings. The van der Waals surface area contributed by atoms with Gasteiger partial charge in [0, 0.05) is 12.6 Å². The van der Waals surface area contributed by atoms with E-state index in [0.717, 1.165) is 36.9 Å². The summed E-state index contributed by atoms with van der Waals surface area (Å²) in [5, 5.41) is 13.0. The van der Waals surface area contributed by atoms with E-state index in [-0.39, 0.29) is 5.91 Å². The van der Waals surface area contributed by atoms with Crippen molar-refractivity contribution >= 4 is 17.7 Å². The van der Waals surface area contributed by atoms with Crippen LogP contribution in [-0.4, -0.2) is 49.4 Å². The number of tetrazole rings is 1. The molecule has 4 rings (SSSR count). The van der Waals surface area contributed by atoms with E-state index >= 15 is 0 Å². The van der Waals surface area contributed by atoms with Gasteiger partial charge in [0.15, 0.2) is 0 Å². The number of hydrogen-bond donors (Lipinski definition) is 0. The second-order valence-corrected chi connectivity index (χ2v) is 8.42. The molecule has 0 unspecified atom stereocenters. The number of amides is 1. The summed E-state index contributed by atoms with van der Waals surface area (Å²) in [6, 6.07) is 0.918. The molecule has 0 N–H and O–H groups in total. The van der Waals surface area contributed by atoms with Gasteiger partial charge in [-0.1, -0.05) is 37.4 Å². The number of aromatic nitrogens is 4. The van der Waals surface area contributed by atoms with Gasteiger partial charge in [0.25, 0.3) is 0 Å². The normalized spacial score (nSPS) is 28.1. The quantitative estimate of drug-likeness (QED) is 0.782. The molecule has 1 amide bonds. The van der Waals surface area contributed by atoms with Gasteiger partial charge in [0.05, 0.1) is 11.8 Å². The number of hydrogen-bond acceptors (Lipinski definition) is 5. The van der Waals surface area contributed by atoms with Crippen molar-refractivity contribution in [2.75, 3.05) is 12.3 Å². The molecular weight excluding hydrogens is 322 g/mol. The average Bonchev–Trinajstić information content (AvgIpc) is 3.30. The maximum Gasteiger partial charge on any atom is 0.233 e. The molecule has 2 saturated carbocycles. The Bertz CT molecular complexity index is 569. The summed E-state index contributed by atoms with van der Waals surface area (Å²) in [4.78, 5) is 15.0. The van der Waals surface area contributed by atoms with Crippen LogP contribution in [0.2, 0.25) is 0 Å². The maximum absolute atomic E-state index is 12.8. The topological polar surface area (TPSA) is 63.9 Å². The lowest BCUT2D eigenvalue weighted by molar-refractivity contribution is -0.134. The molecule has 0 aromatic carbocycles. The molecule has 0 radical (unpaired) electrons. The molecule has 2 atom stereocenters. The molecule has 2 aliphatic carbocycles. The maximum atomic E-state index is 12.8. The van der Waals surface area contributed by atoms with Crippen LogP contribution in [-0.2, 0) is 4.79 Å². The molecule has 3 fully saturated rings. The molecule has 24 heavy (non-hydrogen) atoms. The highest BCUT2D eigenvalue weighted by Crippen LogP contribution is 2.36. The Kier molecular flexibility index (Phi) is 5.06. The predicted molar refractivity (Wildman–Crippen MR) is 92.7 cm³/mol. The average molecular weight is 350 g/mol. The lowest BCUT2D eigenvalue weighted by Crippen LogP contribution is -2.50. The third-order valence-corrected chi connectivity index (χ3v) is 6.94. The van der Waals surface area contributed by atoms with E-state index in [1.807, 2.05) is 4.68 Å². The highest BCUT2D eigenvalue weighted by molar-refractivity contribution is 7.99. The molecule has 1 aliphatic heterocycles. The molecule has 1 saturated heterocycles. The summed E-state index contributed by atoms with van der Waals surface area (Å²) in [5.41, 5.74) is 0. The Hall–Kier alpha value is -1.11. The first kappa shape index (κ1) is 16.4. The molecule has 6 nitrogen and oxygen atoms in total. The smallest absolute Gasteiger partial charge is 0.233 e. The molecule has 0 bridgehead atoms. The van der Waals surface area contributed by atoms with Gasteiger partial charge in [-0.2, -0.15) is 0 Å². The van der Waals surface area contributed by atoms with Gasteiger partial charge in [-0.3, -0.25) is 4.79 Å². The predicted octanol–water partition coefficient (Wildman–Crippen LogP) is 3.06. The summed E-state index contributed by atoms with van der Waals surface area (Å²) in [6.45, 7) is 0.939. The Morgan fingerprint density at radius 2 is 1.79 bits per heavy atom. The van der Waals surface area contributed by atoms with Gasteiger partial charge >= 0.3 is 0 Å². The second kappa shape index (κ2) is 7.42. The lowest BCUT2D eigenvalue weighted by atomic mass is 9.78. The number of thioether (sulfide) groups is 1. The van der Waals surface area contributed by atoms with Crippen molar-refractivity contribution in [3.63, 3.8) is 0 Å². The van der Waals surface area contributed by atoms with Gasteiger partial charge < -0.3 is 4.90 Å². The minimum atomic E-state index is 0.276. The number of likely N-dealkylation sites (tertiary alicyclic amines) is 1. The van der Waals surface area contributed by atoms with Crippen LogP contribution in [0, 0.1) is 5.92 Å². The fourth-order valence-corrected chi connectivity index (χ4v) is 5.63. The highest BCUT2D eigenvalue weighted by atomic mass is 32.2. The van der Waals surface area contributed by atoms with Crippen molar-refractivity contribution in [3.05, 3.63) is 0 Å². The van der Waals surface area contributed by atoms with Gasteiger partial charge in [-0.25, -0.2) is 4.68 Å². The molecule has 7 heteroatoms. The van der Waals surface area contributed by atoms with Crippen LogP contribution in [0.4, 0.5) is 0 Å². The van der Waals surface area contributed by atoms with E-state index in [4.69, 9.17) is 0 Å². The standard InChI is InChI=1S/C17H27N5OS/c23-16(21-11-5-7-13-6-1-4-10-15(13)21)12-24-17-18-19-20-22(17)14-8-2-3-9-14/h13-15H,1-12H2/t13-,15+/m0/s1. The van der Waals surface area contributed by atoms with E-state index < -0.39 is 0 Å². The molecule has 1 aromatic heterocycles. The van der Waals surface area contributed by atoms with Crippen molar-refractivity contribution in [2.45, 2.75) is 81.4 Å². The fraction of sp³-hybridized carbons (Fsp3) is 0.882. The fourth-order valence-electron chi connectivity index (χ4n) is 4.80. The number of carbonyl (C=O) groups excluding carboxylic acids is 1. The van der Waals surface area contributed by atoms with Crippen molar-refractivity contribution in [2.24, 2.45) is 5.92 Å². The largest absolute Gasteiger partial charge is 0.339 e. The van der Waals surface area contributed by atoms with Crippen LogP contribution < -0.4 is 0 Å². The van der Waals surface area contributed by atoms with Crippen LogP contribution in [0.3, 0.4) is 0 Å². The third kappa shape index (κ3) is 3.32. The van der Waals surface area contributed by atoms with Crippen molar-refractivity contribution < 1.29 is 4.79 Å². The van der Waals surface area contributed by atoms with Crippen LogP contribution in [0.5, 0.6) is 0 Å². The minimum Gasteiger partial charge on any atom is -0.339 e. The minimum absolute atomic E-state index is 0.276. The van der Waals surface area contributed by atoms with Crippen molar-refractivity contribution in [3.8, 4) is 0 Å². The first-order valence-electron chi connectivity index (χ1n) is 9.53. The molecule has 132 valence electrons. The van der Waals surface area contributed by atoms with Crippen LogP contribution in [0.1, 0.15) is 70.3 Å². The lowest BCUT2D eigenvalue weighted by Gasteiger charge is -2.44. The Labute approximate surface area is 147 Å². The first-order chi connectivity index (χ1) is 11.8. The Morgan fingerprint density at radius 1 is 1.04 bits per heavy atom. The molecule has 2 heterocycles. The van der Waals surface area contributed by atoms with Crippen LogP contribution in [0.25, 0.3) is 0 Å². The van der Waals surface area contributed by atoms with E-state index in [1.54, 1.807) is 0 Å². The summed E-state index contributed by atoms with van der Waals surface area (Å²) < 4.78 is 1.95. The number of carbonyl (C=O) groups is 1. The van der Waals surface area contributed by atoms with E-state index in [0.29, 0.717) is 17.8 Å². The summed E-state index contributed by atoms with van der Waals surface area (Å²) in [6.07, 6.45) is 12.4. The summed E-state index contributed by atoms with van der Waals surface area (Å²) in [5.74, 6) is 1.49. The van der Waals surface area contributed by atoms with Crippen LogP contribution >= 0.6 is 11.8 Å². The van der Waals surface area contributed by atoms with E-state index in [9.17, 15) is 4.79 Å². The van der Waals surface area contributed by atoms with Crippen molar-refractivity contribution in [1.82, 2.24) is 25.1 Å². The number of fused-ring (bicyclic) bond motifs is 1. The van der Waals surface area contributed by atoms with E-state index in [1.165, 1.54) is 56.7 Å². The first-order valence-corrected chi connectivity index (χ1v) is 10.5. The summed E-state index contributed by atoms with van der Waals surface area (Å²) >= 11 is 1.52. The second-order valence-electron chi connectivity index (χ2n) is 7.47. The van der Waals surface area contributed by atoms with Gasteiger partial charge in [0.1, 0.15) is 0 Å². The molecule has 3 aliphatic rings. The van der Waals surface area contributed by atoms with Gasteiger partial charge in [-0.15, -0.1) is 5.10 Å². The third-order valence-electron chi connectivity index (χ3n) is 6.02. The monoisotopic (exact) mass is 349 g/mol. The number of piperidine rings is 1. The number of rotatable bonds is 4. The van der Waals surface area contributed by atoms with E-state index in [2.05, 4.69) is 20.4 Å². The Morgan fingerprint density at radius 3 is 2.67 bits per heavy atom. The SMILES string of the molecule is O=C(CSc1nnnn1C1CCCC1)N1CCC[C@@H]2CCCC[C@H]21. The van der Waals surface area contributed by atoms with Crippen molar-refractivity contribution in [1.29, 1.82) is 0 Å². The zero-order valence-electron chi connectivity index (χ0n) is 14.3.